The Kier molecular flexibility index (Phi) is 6.56. The molecule has 0 N–H and O–H groups in total. The van der Waals surface area contributed by atoms with Crippen molar-refractivity contribution in [1.29, 1.82) is 0 Å². The highest BCUT2D eigenvalue weighted by atomic mass is 32.2. The van der Waals surface area contributed by atoms with Crippen molar-refractivity contribution in [3.63, 3.8) is 0 Å². The lowest BCUT2D eigenvalue weighted by atomic mass is 9.93. The van der Waals surface area contributed by atoms with Crippen LogP contribution < -0.4 is 0 Å². The van der Waals surface area contributed by atoms with Crippen LogP contribution in [0.25, 0.3) is 0 Å². The molecule has 1 aliphatic heterocycles. The van der Waals surface area contributed by atoms with Crippen molar-refractivity contribution >= 4 is 10.0 Å². The molecular formula is C24H22F4N2O2S. The third-order valence-corrected chi connectivity index (χ3v) is 7.00. The minimum atomic E-state index is -3.68. The summed E-state index contributed by atoms with van der Waals surface area (Å²) in [7, 11) is -3.68. The highest BCUT2D eigenvalue weighted by Gasteiger charge is 2.40. The van der Waals surface area contributed by atoms with E-state index in [0.29, 0.717) is 13.1 Å². The van der Waals surface area contributed by atoms with Gasteiger partial charge in [0.15, 0.2) is 0 Å². The van der Waals surface area contributed by atoms with Crippen molar-refractivity contribution in [2.75, 3.05) is 19.3 Å². The van der Waals surface area contributed by atoms with E-state index in [9.17, 15) is 26.0 Å². The Morgan fingerprint density at radius 3 is 1.70 bits per heavy atom. The Morgan fingerprint density at radius 1 is 0.818 bits per heavy atom. The molecule has 0 atom stereocenters. The van der Waals surface area contributed by atoms with Crippen LogP contribution in [-0.4, -0.2) is 43.0 Å². The molecule has 4 nitrogen and oxygen atoms in total. The van der Waals surface area contributed by atoms with Gasteiger partial charge in [0.25, 0.3) is 0 Å². The second-order valence-corrected chi connectivity index (χ2v) is 10.1. The van der Waals surface area contributed by atoms with Gasteiger partial charge in [0.05, 0.1) is 18.3 Å². The number of halogens is 4. The van der Waals surface area contributed by atoms with Gasteiger partial charge in [-0.3, -0.25) is 4.90 Å². The molecule has 0 amide bonds. The number of nitrogens with zero attached hydrogens (tertiary/aromatic N) is 2. The molecule has 174 valence electrons. The van der Waals surface area contributed by atoms with Gasteiger partial charge in [-0.25, -0.2) is 26.0 Å². The summed E-state index contributed by atoms with van der Waals surface area (Å²) < 4.78 is 80.3. The first-order valence-electron chi connectivity index (χ1n) is 10.3. The van der Waals surface area contributed by atoms with Crippen LogP contribution in [0.4, 0.5) is 17.6 Å². The average Bonchev–Trinajstić information content (AvgIpc) is 2.69. The average molecular weight is 479 g/mol. The molecule has 3 aromatic carbocycles. The SMILES string of the molecule is CS(=O)(=O)N(Cc1cc(F)cc(F)c1)C1CN(C(c2ccc(F)cc2)c2ccc(F)cc2)C1. The van der Waals surface area contributed by atoms with E-state index in [2.05, 4.69) is 0 Å². The van der Waals surface area contributed by atoms with Gasteiger partial charge in [0, 0.05) is 25.7 Å². The Bertz CT molecular complexity index is 1160. The molecule has 33 heavy (non-hydrogen) atoms. The second kappa shape index (κ2) is 9.24. The van der Waals surface area contributed by atoms with Crippen LogP contribution in [0.5, 0.6) is 0 Å². The lowest BCUT2D eigenvalue weighted by molar-refractivity contribution is 0.0506. The van der Waals surface area contributed by atoms with E-state index in [4.69, 9.17) is 0 Å². The topological polar surface area (TPSA) is 40.6 Å². The fraction of sp³-hybridized carbons (Fsp3) is 0.250. The van der Waals surface area contributed by atoms with Crippen LogP contribution >= 0.6 is 0 Å². The van der Waals surface area contributed by atoms with Crippen LogP contribution in [-0.2, 0) is 16.6 Å². The lowest BCUT2D eigenvalue weighted by Gasteiger charge is -2.48. The second-order valence-electron chi connectivity index (χ2n) is 8.20. The first-order chi connectivity index (χ1) is 15.6. The van der Waals surface area contributed by atoms with E-state index >= 15 is 0 Å². The Hall–Kier alpha value is -2.75. The van der Waals surface area contributed by atoms with Crippen molar-refractivity contribution in [3.8, 4) is 0 Å². The van der Waals surface area contributed by atoms with Gasteiger partial charge in [-0.1, -0.05) is 24.3 Å². The van der Waals surface area contributed by atoms with Crippen LogP contribution in [0.3, 0.4) is 0 Å². The largest absolute Gasteiger partial charge is 0.289 e. The third kappa shape index (κ3) is 5.43. The molecule has 3 aromatic rings. The first kappa shape index (κ1) is 23.4. The molecule has 1 aliphatic rings. The van der Waals surface area contributed by atoms with Crippen molar-refractivity contribution < 1.29 is 26.0 Å². The zero-order chi connectivity index (χ0) is 23.8. The van der Waals surface area contributed by atoms with Crippen molar-refractivity contribution in [2.24, 2.45) is 0 Å². The maximum atomic E-state index is 13.6. The molecule has 4 rings (SSSR count). The number of sulfonamides is 1. The van der Waals surface area contributed by atoms with Gasteiger partial charge in [-0.05, 0) is 53.1 Å². The molecule has 1 fully saturated rings. The molecule has 9 heteroatoms. The summed E-state index contributed by atoms with van der Waals surface area (Å²) in [5, 5.41) is 0. The predicted octanol–water partition coefficient (Wildman–Crippen LogP) is 4.48. The summed E-state index contributed by atoms with van der Waals surface area (Å²) in [6, 6.07) is 14.1. The van der Waals surface area contributed by atoms with Gasteiger partial charge in [0.1, 0.15) is 23.3 Å². The van der Waals surface area contributed by atoms with Crippen molar-refractivity contribution in [3.05, 3.63) is 107 Å². The molecule has 0 radical (unpaired) electrons. The van der Waals surface area contributed by atoms with Crippen LogP contribution in [0, 0.1) is 23.3 Å². The highest BCUT2D eigenvalue weighted by Crippen LogP contribution is 2.35. The summed E-state index contributed by atoms with van der Waals surface area (Å²) in [5.74, 6) is -2.32. The van der Waals surface area contributed by atoms with Crippen molar-refractivity contribution in [1.82, 2.24) is 9.21 Å². The molecule has 0 aliphatic carbocycles. The van der Waals surface area contributed by atoms with E-state index in [1.807, 2.05) is 4.90 Å². The van der Waals surface area contributed by atoms with E-state index < -0.39 is 27.7 Å². The van der Waals surface area contributed by atoms with Gasteiger partial charge < -0.3 is 0 Å². The normalized spacial score (nSPS) is 15.2. The Morgan fingerprint density at radius 2 is 1.27 bits per heavy atom. The van der Waals surface area contributed by atoms with Gasteiger partial charge in [-0.15, -0.1) is 0 Å². The smallest absolute Gasteiger partial charge is 0.211 e. The molecule has 0 spiro atoms. The Labute approximate surface area is 190 Å². The van der Waals surface area contributed by atoms with Crippen LogP contribution in [0.1, 0.15) is 22.7 Å². The molecule has 1 saturated heterocycles. The molecule has 0 unspecified atom stereocenters. The van der Waals surface area contributed by atoms with Crippen molar-refractivity contribution in [2.45, 2.75) is 18.6 Å². The maximum Gasteiger partial charge on any atom is 0.211 e. The summed E-state index contributed by atoms with van der Waals surface area (Å²) >= 11 is 0. The van der Waals surface area contributed by atoms with Crippen LogP contribution in [0.15, 0.2) is 66.7 Å². The van der Waals surface area contributed by atoms with E-state index in [1.165, 1.54) is 28.6 Å². The van der Waals surface area contributed by atoms with Crippen LogP contribution in [0.2, 0.25) is 0 Å². The van der Waals surface area contributed by atoms with E-state index in [-0.39, 0.29) is 29.8 Å². The number of hydrogen-bond acceptors (Lipinski definition) is 3. The molecule has 0 bridgehead atoms. The van der Waals surface area contributed by atoms with Gasteiger partial charge >= 0.3 is 0 Å². The molecule has 1 heterocycles. The maximum absolute atomic E-state index is 13.6. The van der Waals surface area contributed by atoms with E-state index in [0.717, 1.165) is 35.6 Å². The molecular weight excluding hydrogens is 456 g/mol. The minimum absolute atomic E-state index is 0.163. The quantitative estimate of drug-likeness (QED) is 0.471. The lowest BCUT2D eigenvalue weighted by Crippen LogP contribution is -2.61. The fourth-order valence-electron chi connectivity index (χ4n) is 4.18. The first-order valence-corrected chi connectivity index (χ1v) is 12.1. The predicted molar refractivity (Wildman–Crippen MR) is 117 cm³/mol. The summed E-state index contributed by atoms with van der Waals surface area (Å²) in [4.78, 5) is 2.00. The van der Waals surface area contributed by atoms with E-state index in [1.54, 1.807) is 24.3 Å². The number of hydrogen-bond donors (Lipinski definition) is 0. The zero-order valence-corrected chi connectivity index (χ0v) is 18.6. The summed E-state index contributed by atoms with van der Waals surface area (Å²) in [6.07, 6.45) is 1.06. The summed E-state index contributed by atoms with van der Waals surface area (Å²) in [6.45, 7) is 0.512. The number of rotatable bonds is 7. The zero-order valence-electron chi connectivity index (χ0n) is 17.8. The Balaban J connectivity index is 1.58. The number of likely N-dealkylation sites (tertiary alicyclic amines) is 1. The molecule has 0 saturated carbocycles. The van der Waals surface area contributed by atoms with Gasteiger partial charge in [-0.2, -0.15) is 4.31 Å². The number of benzene rings is 3. The monoisotopic (exact) mass is 478 g/mol. The fourth-order valence-corrected chi connectivity index (χ4v) is 5.24. The van der Waals surface area contributed by atoms with Gasteiger partial charge in [0.2, 0.25) is 10.0 Å². The molecule has 0 aromatic heterocycles. The standard InChI is InChI=1S/C24H22F4N2O2S/c1-33(31,32)30(13-16-10-21(27)12-22(28)11-16)23-14-29(15-23)24(17-2-6-19(25)7-3-17)18-4-8-20(26)9-5-18/h2-12,23-24H,13-15H2,1H3. The third-order valence-electron chi connectivity index (χ3n) is 5.72. The highest BCUT2D eigenvalue weighted by molar-refractivity contribution is 7.88. The minimum Gasteiger partial charge on any atom is -0.289 e. The summed E-state index contributed by atoms with van der Waals surface area (Å²) in [5.41, 5.74) is 1.77.